The molecule has 1 aromatic carbocycles. The van der Waals surface area contributed by atoms with E-state index in [1.807, 2.05) is 13.8 Å². The smallest absolute Gasteiger partial charge is 0.253 e. The van der Waals surface area contributed by atoms with Crippen LogP contribution < -0.4 is 5.32 Å². The van der Waals surface area contributed by atoms with Gasteiger partial charge in [-0.15, -0.1) is 0 Å². The third-order valence-corrected chi connectivity index (χ3v) is 4.20. The molecular formula is C16H23ClN2O3. The van der Waals surface area contributed by atoms with Crippen molar-refractivity contribution in [2.75, 3.05) is 19.6 Å². The van der Waals surface area contributed by atoms with Crippen LogP contribution in [0.4, 0.5) is 0 Å². The Morgan fingerprint density at radius 1 is 1.45 bits per heavy atom. The van der Waals surface area contributed by atoms with E-state index in [9.17, 15) is 15.0 Å². The first-order valence-electron chi connectivity index (χ1n) is 7.50. The molecule has 1 saturated heterocycles. The van der Waals surface area contributed by atoms with E-state index in [2.05, 4.69) is 5.32 Å². The van der Waals surface area contributed by atoms with Crippen LogP contribution in [0.3, 0.4) is 0 Å². The van der Waals surface area contributed by atoms with Crippen LogP contribution in [0.2, 0.25) is 5.02 Å². The highest BCUT2D eigenvalue weighted by Gasteiger charge is 2.42. The van der Waals surface area contributed by atoms with Gasteiger partial charge in [-0.3, -0.25) is 4.79 Å². The van der Waals surface area contributed by atoms with Gasteiger partial charge in [-0.25, -0.2) is 0 Å². The number of β-amino-alcohol motifs (C(OH)–C–C–N with tert-alkyl or cyclic N) is 1. The maximum atomic E-state index is 12.5. The average Bonchev–Trinajstić information content (AvgIpc) is 2.48. The van der Waals surface area contributed by atoms with Gasteiger partial charge in [0.1, 0.15) is 5.60 Å². The lowest BCUT2D eigenvalue weighted by Gasteiger charge is -2.43. The molecule has 1 aromatic rings. The normalized spacial score (nSPS) is 25.5. The van der Waals surface area contributed by atoms with Gasteiger partial charge in [0, 0.05) is 29.7 Å². The SMILES string of the molecule is CC(C)NC[C@]1(O)CN(C(=O)c2ccc(Cl)cc2)CC[C@H]1O. The molecule has 1 aliphatic rings. The van der Waals surface area contributed by atoms with Crippen LogP contribution in [0.15, 0.2) is 24.3 Å². The van der Waals surface area contributed by atoms with Crippen LogP contribution in [0.1, 0.15) is 30.6 Å². The van der Waals surface area contributed by atoms with E-state index >= 15 is 0 Å². The molecule has 1 amide bonds. The fraction of sp³-hybridized carbons (Fsp3) is 0.562. The summed E-state index contributed by atoms with van der Waals surface area (Å²) in [6.07, 6.45) is -0.483. The predicted molar refractivity (Wildman–Crippen MR) is 86.1 cm³/mol. The molecule has 0 unspecified atom stereocenters. The number of aliphatic hydroxyl groups is 2. The average molecular weight is 327 g/mol. The molecule has 22 heavy (non-hydrogen) atoms. The zero-order chi connectivity index (χ0) is 16.3. The molecule has 0 saturated carbocycles. The van der Waals surface area contributed by atoms with Gasteiger partial charge in [0.15, 0.2) is 0 Å². The van der Waals surface area contributed by atoms with Crippen molar-refractivity contribution in [1.29, 1.82) is 0 Å². The lowest BCUT2D eigenvalue weighted by Crippen LogP contribution is -2.62. The molecule has 1 fully saturated rings. The second-order valence-electron chi connectivity index (χ2n) is 6.18. The van der Waals surface area contributed by atoms with Crippen LogP contribution in [0.25, 0.3) is 0 Å². The number of carbonyl (C=O) groups is 1. The summed E-state index contributed by atoms with van der Waals surface area (Å²) >= 11 is 5.83. The molecule has 122 valence electrons. The number of amides is 1. The highest BCUT2D eigenvalue weighted by molar-refractivity contribution is 6.30. The van der Waals surface area contributed by atoms with Gasteiger partial charge < -0.3 is 20.4 Å². The summed E-state index contributed by atoms with van der Waals surface area (Å²) in [6, 6.07) is 6.86. The Morgan fingerprint density at radius 3 is 2.68 bits per heavy atom. The van der Waals surface area contributed by atoms with Crippen LogP contribution in [0, 0.1) is 0 Å². The molecule has 0 aliphatic carbocycles. The summed E-state index contributed by atoms with van der Waals surface area (Å²) in [5.41, 5.74) is -0.801. The molecular weight excluding hydrogens is 304 g/mol. The number of likely N-dealkylation sites (tertiary alicyclic amines) is 1. The van der Waals surface area contributed by atoms with Gasteiger partial charge in [0.25, 0.3) is 5.91 Å². The number of halogens is 1. The summed E-state index contributed by atoms with van der Waals surface area (Å²) in [5, 5.41) is 24.5. The van der Waals surface area contributed by atoms with Crippen molar-refractivity contribution in [2.24, 2.45) is 0 Å². The van der Waals surface area contributed by atoms with Crippen molar-refractivity contribution in [1.82, 2.24) is 10.2 Å². The highest BCUT2D eigenvalue weighted by Crippen LogP contribution is 2.23. The van der Waals surface area contributed by atoms with Crippen molar-refractivity contribution in [2.45, 2.75) is 38.0 Å². The van der Waals surface area contributed by atoms with Crippen LogP contribution >= 0.6 is 11.6 Å². The van der Waals surface area contributed by atoms with Crippen molar-refractivity contribution in [3.8, 4) is 0 Å². The van der Waals surface area contributed by atoms with E-state index in [4.69, 9.17) is 11.6 Å². The molecule has 2 rings (SSSR count). The second-order valence-corrected chi connectivity index (χ2v) is 6.61. The second kappa shape index (κ2) is 6.96. The number of benzene rings is 1. The fourth-order valence-electron chi connectivity index (χ4n) is 2.56. The molecule has 0 aromatic heterocycles. The maximum absolute atomic E-state index is 12.5. The molecule has 0 radical (unpaired) electrons. The minimum absolute atomic E-state index is 0.106. The van der Waals surface area contributed by atoms with Gasteiger partial charge in [0.05, 0.1) is 12.6 Å². The monoisotopic (exact) mass is 326 g/mol. The molecule has 0 spiro atoms. The Labute approximate surface area is 135 Å². The topological polar surface area (TPSA) is 72.8 Å². The first-order valence-corrected chi connectivity index (χ1v) is 7.88. The van der Waals surface area contributed by atoms with Crippen LogP contribution in [0.5, 0.6) is 0 Å². The lowest BCUT2D eigenvalue weighted by atomic mass is 9.89. The largest absolute Gasteiger partial charge is 0.390 e. The Bertz CT molecular complexity index is 521. The molecule has 5 nitrogen and oxygen atoms in total. The van der Waals surface area contributed by atoms with Gasteiger partial charge in [-0.05, 0) is 30.7 Å². The summed E-state index contributed by atoms with van der Waals surface area (Å²) in [5.74, 6) is -0.161. The number of nitrogens with one attached hydrogen (secondary N) is 1. The third-order valence-electron chi connectivity index (χ3n) is 3.95. The summed E-state index contributed by atoms with van der Waals surface area (Å²) in [4.78, 5) is 14.1. The minimum atomic E-state index is -1.33. The maximum Gasteiger partial charge on any atom is 0.253 e. The molecule has 0 bridgehead atoms. The summed E-state index contributed by atoms with van der Waals surface area (Å²) < 4.78 is 0. The van der Waals surface area contributed by atoms with E-state index in [0.29, 0.717) is 23.6 Å². The highest BCUT2D eigenvalue weighted by atomic mass is 35.5. The van der Waals surface area contributed by atoms with E-state index in [1.165, 1.54) is 0 Å². The third kappa shape index (κ3) is 3.98. The number of rotatable bonds is 4. The van der Waals surface area contributed by atoms with Crippen molar-refractivity contribution in [3.05, 3.63) is 34.9 Å². The molecule has 1 heterocycles. The number of aliphatic hydroxyl groups excluding tert-OH is 1. The van der Waals surface area contributed by atoms with Crippen molar-refractivity contribution < 1.29 is 15.0 Å². The number of hydrogen-bond acceptors (Lipinski definition) is 4. The predicted octanol–water partition coefficient (Wildman–Crippen LogP) is 1.28. The quantitative estimate of drug-likeness (QED) is 0.779. The molecule has 3 N–H and O–H groups in total. The first-order chi connectivity index (χ1) is 10.3. The minimum Gasteiger partial charge on any atom is -0.390 e. The lowest BCUT2D eigenvalue weighted by molar-refractivity contribution is -0.112. The van der Waals surface area contributed by atoms with E-state index in [1.54, 1.807) is 29.2 Å². The Morgan fingerprint density at radius 2 is 2.09 bits per heavy atom. The standard InChI is InChI=1S/C16H23ClN2O3/c1-11(2)18-9-16(22)10-19(8-7-14(16)20)15(21)12-3-5-13(17)6-4-12/h3-6,11,14,18,20,22H,7-10H2,1-2H3/t14-,16+/m1/s1. The molecule has 6 heteroatoms. The van der Waals surface area contributed by atoms with Gasteiger partial charge in [-0.1, -0.05) is 25.4 Å². The summed E-state index contributed by atoms with van der Waals surface area (Å²) in [7, 11) is 0. The number of carbonyl (C=O) groups excluding carboxylic acids is 1. The van der Waals surface area contributed by atoms with Crippen LogP contribution in [-0.4, -0.2) is 58.4 Å². The van der Waals surface area contributed by atoms with E-state index < -0.39 is 11.7 Å². The van der Waals surface area contributed by atoms with Crippen molar-refractivity contribution >= 4 is 17.5 Å². The van der Waals surface area contributed by atoms with Gasteiger partial charge >= 0.3 is 0 Å². The molecule has 1 aliphatic heterocycles. The first kappa shape index (κ1) is 17.2. The molecule has 2 atom stereocenters. The van der Waals surface area contributed by atoms with Gasteiger partial charge in [0.2, 0.25) is 0 Å². The Balaban J connectivity index is 2.09. The summed E-state index contributed by atoms with van der Waals surface area (Å²) in [6.45, 7) is 4.71. The number of nitrogens with zero attached hydrogens (tertiary/aromatic N) is 1. The zero-order valence-electron chi connectivity index (χ0n) is 12.9. The van der Waals surface area contributed by atoms with Crippen molar-refractivity contribution in [3.63, 3.8) is 0 Å². The van der Waals surface area contributed by atoms with E-state index in [0.717, 1.165) is 0 Å². The van der Waals surface area contributed by atoms with Crippen LogP contribution in [-0.2, 0) is 0 Å². The van der Waals surface area contributed by atoms with E-state index in [-0.39, 0.29) is 25.0 Å². The zero-order valence-corrected chi connectivity index (χ0v) is 13.7. The Kier molecular flexibility index (Phi) is 5.45. The number of piperidine rings is 1. The van der Waals surface area contributed by atoms with Gasteiger partial charge in [-0.2, -0.15) is 0 Å². The number of hydrogen-bond donors (Lipinski definition) is 3. The Hall–Kier alpha value is -1.14. The fourth-order valence-corrected chi connectivity index (χ4v) is 2.69.